The fourth-order valence-corrected chi connectivity index (χ4v) is 4.84. The summed E-state index contributed by atoms with van der Waals surface area (Å²) in [6.07, 6.45) is 1.85. The van der Waals surface area contributed by atoms with E-state index in [0.717, 1.165) is 38.4 Å². The first kappa shape index (κ1) is 19.8. The summed E-state index contributed by atoms with van der Waals surface area (Å²) in [5, 5.41) is 2.72. The minimum absolute atomic E-state index is 0.151. The molecule has 158 valence electrons. The molecule has 2 aromatic carbocycles. The highest BCUT2D eigenvalue weighted by Crippen LogP contribution is 2.48. The predicted molar refractivity (Wildman–Crippen MR) is 120 cm³/mol. The molecular formula is C23H21BrN4O3. The Morgan fingerprint density at radius 1 is 1.26 bits per heavy atom. The number of hydrogen-bond donors (Lipinski definition) is 2. The van der Waals surface area contributed by atoms with Crippen molar-refractivity contribution in [3.8, 4) is 11.3 Å². The van der Waals surface area contributed by atoms with Crippen molar-refractivity contribution in [2.24, 2.45) is 0 Å². The second-order valence-corrected chi connectivity index (χ2v) is 8.79. The molecular weight excluding hydrogens is 460 g/mol. The zero-order valence-corrected chi connectivity index (χ0v) is 18.6. The molecule has 8 heteroatoms. The number of para-hydroxylation sites is 1. The number of anilines is 1. The summed E-state index contributed by atoms with van der Waals surface area (Å²) in [5.74, 6) is 0.410. The fraction of sp³-hybridized carbons (Fsp3) is 0.261. The van der Waals surface area contributed by atoms with Gasteiger partial charge < -0.3 is 15.0 Å². The van der Waals surface area contributed by atoms with Gasteiger partial charge in [0.25, 0.3) is 5.91 Å². The maximum atomic E-state index is 13.5. The molecule has 0 bridgehead atoms. The smallest absolute Gasteiger partial charge is 0.407 e. The number of H-pyrrole nitrogens is 1. The highest BCUT2D eigenvalue weighted by Gasteiger charge is 2.47. The van der Waals surface area contributed by atoms with E-state index in [1.54, 1.807) is 11.1 Å². The van der Waals surface area contributed by atoms with E-state index in [0.29, 0.717) is 6.42 Å². The number of benzene rings is 2. The number of methoxy groups -OCH3 is 1. The van der Waals surface area contributed by atoms with Crippen molar-refractivity contribution in [3.63, 3.8) is 0 Å². The molecule has 0 saturated heterocycles. The van der Waals surface area contributed by atoms with Crippen LogP contribution in [0.1, 0.15) is 35.8 Å². The summed E-state index contributed by atoms with van der Waals surface area (Å²) in [6.45, 7) is 1.96. The Bertz CT molecular complexity index is 1170. The van der Waals surface area contributed by atoms with Gasteiger partial charge in [-0.15, -0.1) is 0 Å². The summed E-state index contributed by atoms with van der Waals surface area (Å²) >= 11 is 3.45. The first-order chi connectivity index (χ1) is 15.0. The number of alkyl carbamates (subject to hydrolysis) is 1. The van der Waals surface area contributed by atoms with Gasteiger partial charge >= 0.3 is 6.09 Å². The molecule has 2 aliphatic rings. The molecule has 0 fully saturated rings. The lowest BCUT2D eigenvalue weighted by atomic mass is 9.86. The first-order valence-corrected chi connectivity index (χ1v) is 10.9. The van der Waals surface area contributed by atoms with Crippen LogP contribution in [0.4, 0.5) is 10.5 Å². The Labute approximate surface area is 187 Å². The van der Waals surface area contributed by atoms with Crippen LogP contribution in [-0.2, 0) is 16.0 Å². The highest BCUT2D eigenvalue weighted by molar-refractivity contribution is 9.10. The van der Waals surface area contributed by atoms with Crippen molar-refractivity contribution in [2.75, 3.05) is 12.0 Å². The van der Waals surface area contributed by atoms with Crippen molar-refractivity contribution in [1.82, 2.24) is 15.3 Å². The van der Waals surface area contributed by atoms with Gasteiger partial charge in [-0.25, -0.2) is 9.78 Å². The Hall–Kier alpha value is -3.13. The average molecular weight is 481 g/mol. The number of halogens is 1. The maximum absolute atomic E-state index is 13.5. The Morgan fingerprint density at radius 2 is 2.03 bits per heavy atom. The zero-order valence-electron chi connectivity index (χ0n) is 17.1. The van der Waals surface area contributed by atoms with Gasteiger partial charge in [0.2, 0.25) is 0 Å². The normalized spacial score (nSPS) is 21.7. The molecule has 0 radical (unpaired) electrons. The van der Waals surface area contributed by atoms with Crippen molar-refractivity contribution in [2.45, 2.75) is 31.3 Å². The number of carbonyl (C=O) groups is 2. The lowest BCUT2D eigenvalue weighted by Crippen LogP contribution is -2.54. The molecule has 0 saturated carbocycles. The van der Waals surface area contributed by atoms with E-state index in [9.17, 15) is 9.59 Å². The number of ether oxygens (including phenoxy) is 1. The molecule has 31 heavy (non-hydrogen) atoms. The van der Waals surface area contributed by atoms with Crippen LogP contribution in [0.2, 0.25) is 0 Å². The van der Waals surface area contributed by atoms with E-state index in [1.165, 1.54) is 7.11 Å². The number of hydrogen-bond acceptors (Lipinski definition) is 4. The van der Waals surface area contributed by atoms with E-state index in [1.807, 2.05) is 43.3 Å². The molecule has 3 heterocycles. The van der Waals surface area contributed by atoms with Gasteiger partial charge in [-0.3, -0.25) is 9.69 Å². The topological polar surface area (TPSA) is 87.3 Å². The Kier molecular flexibility index (Phi) is 4.81. The number of aromatic amines is 1. The molecule has 1 unspecified atom stereocenters. The van der Waals surface area contributed by atoms with Crippen molar-refractivity contribution in [1.29, 1.82) is 0 Å². The summed E-state index contributed by atoms with van der Waals surface area (Å²) < 4.78 is 5.76. The molecule has 5 rings (SSSR count). The predicted octanol–water partition coefficient (Wildman–Crippen LogP) is 4.31. The quantitative estimate of drug-likeness (QED) is 0.584. The van der Waals surface area contributed by atoms with Gasteiger partial charge in [-0.1, -0.05) is 53.2 Å². The van der Waals surface area contributed by atoms with Crippen LogP contribution >= 0.6 is 15.9 Å². The monoisotopic (exact) mass is 480 g/mol. The van der Waals surface area contributed by atoms with E-state index >= 15 is 0 Å². The Balaban J connectivity index is 1.53. The van der Waals surface area contributed by atoms with Crippen molar-refractivity contribution >= 4 is 33.6 Å². The lowest BCUT2D eigenvalue weighted by Gasteiger charge is -2.38. The number of amides is 2. The van der Waals surface area contributed by atoms with Crippen LogP contribution in [-0.4, -0.2) is 35.1 Å². The van der Waals surface area contributed by atoms with E-state index in [-0.39, 0.29) is 17.9 Å². The lowest BCUT2D eigenvalue weighted by molar-refractivity contribution is -0.121. The molecule has 2 N–H and O–H groups in total. The molecule has 0 aliphatic carbocycles. The third kappa shape index (κ3) is 3.22. The summed E-state index contributed by atoms with van der Waals surface area (Å²) in [7, 11) is 1.30. The molecule has 3 atom stereocenters. The van der Waals surface area contributed by atoms with Crippen LogP contribution in [0.3, 0.4) is 0 Å². The van der Waals surface area contributed by atoms with Gasteiger partial charge in [-0.05, 0) is 28.8 Å². The molecule has 2 aliphatic heterocycles. The minimum Gasteiger partial charge on any atom is -0.453 e. The van der Waals surface area contributed by atoms with Crippen molar-refractivity contribution < 1.29 is 14.3 Å². The van der Waals surface area contributed by atoms with Gasteiger partial charge in [0.15, 0.2) is 0 Å². The number of imidazole rings is 1. The second kappa shape index (κ2) is 7.53. The first-order valence-electron chi connectivity index (χ1n) is 10.1. The van der Waals surface area contributed by atoms with Crippen LogP contribution in [0.15, 0.2) is 53.1 Å². The summed E-state index contributed by atoms with van der Waals surface area (Å²) in [5.41, 5.74) is 5.00. The second-order valence-electron chi connectivity index (χ2n) is 7.87. The maximum Gasteiger partial charge on any atom is 0.407 e. The minimum atomic E-state index is -0.697. The number of nitrogens with zero attached hydrogens (tertiary/aromatic N) is 2. The standard InChI is InChI=1S/C23H21BrN4O3/c1-12-16-5-3-4-14-10-18(28(20(14)16)22(29)19(12)27-23(30)31-2)21-25-11-17(26-21)13-6-8-15(24)9-7-13/h3-9,11-12,18-19H,10H2,1-2H3,(H,25,26)(H,27,30)/t12?,18-,19-/m0/s1. The molecule has 0 spiro atoms. The number of nitrogens with one attached hydrogen (secondary N) is 2. The molecule has 3 aromatic rings. The van der Waals surface area contributed by atoms with Gasteiger partial charge in [-0.2, -0.15) is 0 Å². The van der Waals surface area contributed by atoms with Gasteiger partial charge in [0.05, 0.1) is 30.7 Å². The SMILES string of the molecule is COC(=O)N[C@@H]1C(=O)N2c3c(cccc3C1C)C[C@H]2c1ncc(-c2ccc(Br)cc2)[nH]1. The largest absolute Gasteiger partial charge is 0.453 e. The van der Waals surface area contributed by atoms with Crippen LogP contribution in [0.25, 0.3) is 11.3 Å². The highest BCUT2D eigenvalue weighted by atomic mass is 79.9. The zero-order chi connectivity index (χ0) is 21.7. The van der Waals surface area contributed by atoms with Crippen LogP contribution in [0, 0.1) is 0 Å². The fourth-order valence-electron chi connectivity index (χ4n) is 4.57. The van der Waals surface area contributed by atoms with Gasteiger partial charge in [0, 0.05) is 16.8 Å². The van der Waals surface area contributed by atoms with E-state index < -0.39 is 12.1 Å². The molecule has 7 nitrogen and oxygen atoms in total. The Morgan fingerprint density at radius 3 is 2.77 bits per heavy atom. The number of carbonyl (C=O) groups excluding carboxylic acids is 2. The van der Waals surface area contributed by atoms with E-state index in [4.69, 9.17) is 4.74 Å². The molecule has 2 amide bonds. The van der Waals surface area contributed by atoms with Gasteiger partial charge in [0.1, 0.15) is 11.9 Å². The van der Waals surface area contributed by atoms with E-state index in [2.05, 4.69) is 37.3 Å². The summed E-state index contributed by atoms with van der Waals surface area (Å²) in [4.78, 5) is 35.2. The average Bonchev–Trinajstić information content (AvgIpc) is 3.41. The summed E-state index contributed by atoms with van der Waals surface area (Å²) in [6, 6.07) is 13.1. The third-order valence-corrected chi connectivity index (χ3v) is 6.66. The third-order valence-electron chi connectivity index (χ3n) is 6.14. The van der Waals surface area contributed by atoms with Crippen LogP contribution < -0.4 is 10.2 Å². The number of aromatic nitrogens is 2. The number of rotatable bonds is 3. The van der Waals surface area contributed by atoms with Crippen molar-refractivity contribution in [3.05, 3.63) is 70.1 Å². The molecule has 1 aromatic heterocycles. The van der Waals surface area contributed by atoms with Crippen LogP contribution in [0.5, 0.6) is 0 Å².